The molecule has 98 valence electrons. The highest BCUT2D eigenvalue weighted by Crippen LogP contribution is 2.31. The Balaban J connectivity index is 1.88. The molecule has 1 N–H and O–H groups in total. The minimum absolute atomic E-state index is 0.425. The van der Waals surface area contributed by atoms with Crippen LogP contribution in [0, 0.1) is 0 Å². The molecule has 0 spiro atoms. The second-order valence-corrected chi connectivity index (χ2v) is 5.58. The summed E-state index contributed by atoms with van der Waals surface area (Å²) in [5.74, 6) is 0. The number of rotatable bonds is 1. The van der Waals surface area contributed by atoms with E-state index in [0.717, 1.165) is 26.3 Å². The van der Waals surface area contributed by atoms with Gasteiger partial charge in [-0.2, -0.15) is 0 Å². The van der Waals surface area contributed by atoms with Crippen LogP contribution in [-0.4, -0.2) is 36.7 Å². The van der Waals surface area contributed by atoms with Gasteiger partial charge < -0.3 is 10.1 Å². The Morgan fingerprint density at radius 2 is 2.11 bits per heavy atom. The van der Waals surface area contributed by atoms with Crippen molar-refractivity contribution in [3.05, 3.63) is 35.4 Å². The van der Waals surface area contributed by atoms with Gasteiger partial charge in [-0.25, -0.2) is 0 Å². The zero-order chi connectivity index (χ0) is 12.5. The molecule has 0 saturated carbocycles. The van der Waals surface area contributed by atoms with Crippen molar-refractivity contribution in [3.63, 3.8) is 0 Å². The highest BCUT2D eigenvalue weighted by Gasteiger charge is 2.32. The first-order chi connectivity index (χ1) is 8.75. The molecule has 3 heteroatoms. The molecule has 1 saturated heterocycles. The van der Waals surface area contributed by atoms with E-state index in [0.29, 0.717) is 18.1 Å². The third-order valence-electron chi connectivity index (χ3n) is 4.16. The smallest absolute Gasteiger partial charge is 0.0721 e. The van der Waals surface area contributed by atoms with Gasteiger partial charge in [-0.15, -0.1) is 0 Å². The van der Waals surface area contributed by atoms with E-state index in [1.807, 2.05) is 0 Å². The lowest BCUT2D eigenvalue weighted by molar-refractivity contribution is 0.00230. The van der Waals surface area contributed by atoms with Crippen molar-refractivity contribution in [2.75, 3.05) is 19.7 Å². The van der Waals surface area contributed by atoms with Gasteiger partial charge in [-0.3, -0.25) is 4.90 Å². The van der Waals surface area contributed by atoms with Gasteiger partial charge in [0.25, 0.3) is 0 Å². The van der Waals surface area contributed by atoms with Gasteiger partial charge in [0.2, 0.25) is 0 Å². The zero-order valence-electron chi connectivity index (χ0n) is 11.2. The second-order valence-electron chi connectivity index (χ2n) is 5.58. The SMILES string of the molecule is CC1CN(C2COCc3ccccc32)C(C)CN1. The van der Waals surface area contributed by atoms with Crippen molar-refractivity contribution >= 4 is 0 Å². The van der Waals surface area contributed by atoms with E-state index in [1.165, 1.54) is 11.1 Å². The van der Waals surface area contributed by atoms with Crippen LogP contribution in [0.1, 0.15) is 31.0 Å². The molecule has 0 radical (unpaired) electrons. The number of piperazine rings is 1. The van der Waals surface area contributed by atoms with Crippen molar-refractivity contribution in [2.45, 2.75) is 38.6 Å². The maximum absolute atomic E-state index is 5.78. The van der Waals surface area contributed by atoms with Crippen molar-refractivity contribution in [1.82, 2.24) is 10.2 Å². The van der Waals surface area contributed by atoms with E-state index in [9.17, 15) is 0 Å². The summed E-state index contributed by atoms with van der Waals surface area (Å²) in [5, 5.41) is 3.54. The summed E-state index contributed by atoms with van der Waals surface area (Å²) in [6.45, 7) is 8.32. The molecule has 3 atom stereocenters. The second kappa shape index (κ2) is 5.00. The van der Waals surface area contributed by atoms with Crippen LogP contribution in [0.4, 0.5) is 0 Å². The predicted octanol–water partition coefficient (Wildman–Crippen LogP) is 1.94. The summed E-state index contributed by atoms with van der Waals surface area (Å²) >= 11 is 0. The first-order valence-electron chi connectivity index (χ1n) is 6.90. The number of hydrogen-bond donors (Lipinski definition) is 1. The predicted molar refractivity (Wildman–Crippen MR) is 72.5 cm³/mol. The van der Waals surface area contributed by atoms with Gasteiger partial charge in [0.1, 0.15) is 0 Å². The molecule has 2 heterocycles. The quantitative estimate of drug-likeness (QED) is 0.819. The topological polar surface area (TPSA) is 24.5 Å². The minimum Gasteiger partial charge on any atom is -0.375 e. The van der Waals surface area contributed by atoms with Crippen LogP contribution < -0.4 is 5.32 Å². The van der Waals surface area contributed by atoms with Crippen LogP contribution in [0.15, 0.2) is 24.3 Å². The normalized spacial score (nSPS) is 33.1. The molecule has 18 heavy (non-hydrogen) atoms. The lowest BCUT2D eigenvalue weighted by atomic mass is 9.95. The molecule has 2 aliphatic heterocycles. The van der Waals surface area contributed by atoms with E-state index in [4.69, 9.17) is 4.74 Å². The molecule has 1 fully saturated rings. The fraction of sp³-hybridized carbons (Fsp3) is 0.600. The van der Waals surface area contributed by atoms with Crippen LogP contribution in [0.25, 0.3) is 0 Å². The summed E-state index contributed by atoms with van der Waals surface area (Å²) < 4.78 is 5.78. The fourth-order valence-corrected chi connectivity index (χ4v) is 3.12. The summed E-state index contributed by atoms with van der Waals surface area (Å²) in [6, 6.07) is 10.3. The van der Waals surface area contributed by atoms with Gasteiger partial charge in [0.05, 0.1) is 19.3 Å². The monoisotopic (exact) mass is 246 g/mol. The lowest BCUT2D eigenvalue weighted by Gasteiger charge is -2.44. The summed E-state index contributed by atoms with van der Waals surface area (Å²) in [5.41, 5.74) is 2.82. The molecule has 0 aliphatic carbocycles. The van der Waals surface area contributed by atoms with Crippen LogP contribution in [0.5, 0.6) is 0 Å². The molecule has 1 aromatic carbocycles. The average Bonchev–Trinajstić information content (AvgIpc) is 2.41. The van der Waals surface area contributed by atoms with Crippen molar-refractivity contribution in [2.24, 2.45) is 0 Å². The van der Waals surface area contributed by atoms with Crippen molar-refractivity contribution in [1.29, 1.82) is 0 Å². The van der Waals surface area contributed by atoms with Crippen LogP contribution in [0.3, 0.4) is 0 Å². The van der Waals surface area contributed by atoms with Gasteiger partial charge in [-0.05, 0) is 25.0 Å². The summed E-state index contributed by atoms with van der Waals surface area (Å²) in [6.07, 6.45) is 0. The fourth-order valence-electron chi connectivity index (χ4n) is 3.12. The zero-order valence-corrected chi connectivity index (χ0v) is 11.2. The van der Waals surface area contributed by atoms with E-state index in [1.54, 1.807) is 0 Å². The van der Waals surface area contributed by atoms with E-state index >= 15 is 0 Å². The number of benzene rings is 1. The molecular weight excluding hydrogens is 224 g/mol. The number of hydrogen-bond acceptors (Lipinski definition) is 3. The van der Waals surface area contributed by atoms with Gasteiger partial charge in [-0.1, -0.05) is 24.3 Å². The number of fused-ring (bicyclic) bond motifs is 1. The Morgan fingerprint density at radius 3 is 3.00 bits per heavy atom. The first-order valence-corrected chi connectivity index (χ1v) is 6.90. The molecule has 3 unspecified atom stereocenters. The molecule has 0 bridgehead atoms. The Hall–Kier alpha value is -0.900. The third-order valence-corrected chi connectivity index (χ3v) is 4.16. The number of ether oxygens (including phenoxy) is 1. The van der Waals surface area contributed by atoms with Crippen LogP contribution in [0.2, 0.25) is 0 Å². The van der Waals surface area contributed by atoms with Crippen molar-refractivity contribution < 1.29 is 4.74 Å². The maximum atomic E-state index is 5.78. The van der Waals surface area contributed by atoms with E-state index in [2.05, 4.69) is 48.3 Å². The Morgan fingerprint density at radius 1 is 1.28 bits per heavy atom. The third kappa shape index (κ3) is 2.18. The van der Waals surface area contributed by atoms with Crippen LogP contribution in [-0.2, 0) is 11.3 Å². The molecule has 2 aliphatic rings. The van der Waals surface area contributed by atoms with E-state index in [-0.39, 0.29) is 0 Å². The highest BCUT2D eigenvalue weighted by atomic mass is 16.5. The molecule has 3 rings (SSSR count). The minimum atomic E-state index is 0.425. The first kappa shape index (κ1) is 12.2. The molecule has 3 nitrogen and oxygen atoms in total. The summed E-state index contributed by atoms with van der Waals surface area (Å²) in [4.78, 5) is 2.60. The Kier molecular flexibility index (Phi) is 3.37. The Labute approximate surface area is 109 Å². The molecular formula is C15H22N2O. The lowest BCUT2D eigenvalue weighted by Crippen LogP contribution is -2.56. The van der Waals surface area contributed by atoms with Crippen LogP contribution >= 0.6 is 0 Å². The molecule has 0 aromatic heterocycles. The van der Waals surface area contributed by atoms with Gasteiger partial charge in [0, 0.05) is 25.2 Å². The highest BCUT2D eigenvalue weighted by molar-refractivity contribution is 5.31. The Bertz CT molecular complexity index is 421. The molecule has 1 aromatic rings. The van der Waals surface area contributed by atoms with Gasteiger partial charge in [0.15, 0.2) is 0 Å². The van der Waals surface area contributed by atoms with Crippen molar-refractivity contribution in [3.8, 4) is 0 Å². The van der Waals surface area contributed by atoms with E-state index < -0.39 is 0 Å². The van der Waals surface area contributed by atoms with Gasteiger partial charge >= 0.3 is 0 Å². The number of nitrogens with zero attached hydrogens (tertiary/aromatic N) is 1. The maximum Gasteiger partial charge on any atom is 0.0721 e. The molecule has 0 amide bonds. The number of nitrogens with one attached hydrogen (secondary N) is 1. The largest absolute Gasteiger partial charge is 0.375 e. The standard InChI is InChI=1S/C15H22N2O/c1-11-8-17(12(2)7-16-11)15-10-18-9-13-5-3-4-6-14(13)15/h3-6,11-12,15-16H,7-10H2,1-2H3. The summed E-state index contributed by atoms with van der Waals surface area (Å²) in [7, 11) is 0. The average molecular weight is 246 g/mol.